The van der Waals surface area contributed by atoms with Crippen LogP contribution in [0.15, 0.2) is 4.99 Å². The van der Waals surface area contributed by atoms with Crippen molar-refractivity contribution in [2.75, 3.05) is 6.54 Å². The minimum absolute atomic E-state index is 0. The lowest BCUT2D eigenvalue weighted by atomic mass is 10.1. The summed E-state index contributed by atoms with van der Waals surface area (Å²) in [6.45, 7) is 10.8. The summed E-state index contributed by atoms with van der Waals surface area (Å²) in [4.78, 5) is 9.49. The summed E-state index contributed by atoms with van der Waals surface area (Å²) in [6.07, 6.45) is 4.77. The van der Waals surface area contributed by atoms with Gasteiger partial charge >= 0.3 is 0 Å². The van der Waals surface area contributed by atoms with Crippen molar-refractivity contribution < 1.29 is 0 Å². The van der Waals surface area contributed by atoms with Crippen molar-refractivity contribution in [3.05, 3.63) is 28.6 Å². The third-order valence-corrected chi connectivity index (χ3v) is 5.33. The molecule has 0 fully saturated rings. The van der Waals surface area contributed by atoms with Gasteiger partial charge in [0.15, 0.2) is 11.8 Å². The first-order valence-electron chi connectivity index (χ1n) is 10.6. The lowest BCUT2D eigenvalue weighted by molar-refractivity contribution is 0.392. The third-order valence-electron chi connectivity index (χ3n) is 5.33. The van der Waals surface area contributed by atoms with Gasteiger partial charge in [0.2, 0.25) is 0 Å². The van der Waals surface area contributed by atoms with Crippen molar-refractivity contribution in [2.24, 2.45) is 12.0 Å². The SMILES string of the molecule is CCNC(=NCc1c(CC)nn(C)c1CC)NC1CCc2nc(CC)nn2C1.I. The molecule has 0 amide bonds. The Morgan fingerprint density at radius 3 is 2.59 bits per heavy atom. The molecule has 0 radical (unpaired) electrons. The first-order valence-corrected chi connectivity index (χ1v) is 10.6. The number of hydrogen-bond acceptors (Lipinski definition) is 4. The fourth-order valence-electron chi connectivity index (χ4n) is 3.87. The van der Waals surface area contributed by atoms with E-state index < -0.39 is 0 Å². The Morgan fingerprint density at radius 2 is 1.93 bits per heavy atom. The van der Waals surface area contributed by atoms with E-state index in [1.165, 1.54) is 11.3 Å². The van der Waals surface area contributed by atoms with E-state index >= 15 is 0 Å². The molecule has 2 aromatic rings. The number of halogens is 1. The number of aryl methyl sites for hydroxylation is 4. The molecule has 0 aromatic carbocycles. The summed E-state index contributed by atoms with van der Waals surface area (Å²) in [5, 5.41) is 16.3. The highest BCUT2D eigenvalue weighted by molar-refractivity contribution is 14.0. The fourth-order valence-corrected chi connectivity index (χ4v) is 3.87. The number of fused-ring (bicyclic) bond motifs is 1. The molecule has 2 aromatic heterocycles. The quantitative estimate of drug-likeness (QED) is 0.337. The highest BCUT2D eigenvalue weighted by Gasteiger charge is 2.22. The van der Waals surface area contributed by atoms with Crippen molar-refractivity contribution in [1.82, 2.24) is 35.2 Å². The van der Waals surface area contributed by atoms with Gasteiger partial charge in [0.25, 0.3) is 0 Å². The Labute approximate surface area is 191 Å². The summed E-state index contributed by atoms with van der Waals surface area (Å²) < 4.78 is 4.05. The van der Waals surface area contributed by atoms with Crippen LogP contribution in [0, 0.1) is 0 Å². The number of guanidine groups is 1. The maximum Gasteiger partial charge on any atom is 0.191 e. The minimum atomic E-state index is 0. The average molecular weight is 514 g/mol. The first-order chi connectivity index (χ1) is 13.6. The summed E-state index contributed by atoms with van der Waals surface area (Å²) in [7, 11) is 2.02. The van der Waals surface area contributed by atoms with E-state index in [2.05, 4.69) is 58.2 Å². The zero-order chi connectivity index (χ0) is 20.1. The van der Waals surface area contributed by atoms with Crippen LogP contribution in [0.1, 0.15) is 62.7 Å². The molecule has 0 spiro atoms. The molecule has 2 N–H and O–H groups in total. The number of rotatable bonds is 7. The number of nitrogens with zero attached hydrogens (tertiary/aromatic N) is 6. The van der Waals surface area contributed by atoms with Crippen LogP contribution in [-0.4, -0.2) is 43.1 Å². The molecule has 0 bridgehead atoms. The second-order valence-corrected chi connectivity index (χ2v) is 7.26. The molecule has 0 saturated carbocycles. The van der Waals surface area contributed by atoms with Crippen LogP contribution in [0.2, 0.25) is 0 Å². The normalized spacial score (nSPS) is 16.3. The summed E-state index contributed by atoms with van der Waals surface area (Å²) in [6, 6.07) is 0.307. The largest absolute Gasteiger partial charge is 0.357 e. The molecule has 9 heteroatoms. The monoisotopic (exact) mass is 514 g/mol. The molecule has 1 atom stereocenters. The van der Waals surface area contributed by atoms with Crippen molar-refractivity contribution in [2.45, 2.75) is 78.9 Å². The fraction of sp³-hybridized carbons (Fsp3) is 0.700. The van der Waals surface area contributed by atoms with Crippen LogP contribution in [0.25, 0.3) is 0 Å². The predicted molar refractivity (Wildman–Crippen MR) is 127 cm³/mol. The van der Waals surface area contributed by atoms with Crippen LogP contribution in [0.5, 0.6) is 0 Å². The van der Waals surface area contributed by atoms with Gasteiger partial charge in [0, 0.05) is 43.7 Å². The average Bonchev–Trinajstić information content (AvgIpc) is 3.25. The lowest BCUT2D eigenvalue weighted by Crippen LogP contribution is -2.47. The molecule has 3 heterocycles. The van der Waals surface area contributed by atoms with Gasteiger partial charge in [-0.25, -0.2) is 14.7 Å². The second kappa shape index (κ2) is 10.9. The van der Waals surface area contributed by atoms with E-state index in [0.29, 0.717) is 12.6 Å². The molecule has 162 valence electrons. The number of aromatic nitrogens is 5. The molecule has 3 rings (SSSR count). The third kappa shape index (κ3) is 5.49. The van der Waals surface area contributed by atoms with Crippen molar-refractivity contribution in [3.63, 3.8) is 0 Å². The van der Waals surface area contributed by atoms with Gasteiger partial charge in [-0.15, -0.1) is 24.0 Å². The topological polar surface area (TPSA) is 84.9 Å². The van der Waals surface area contributed by atoms with Crippen LogP contribution in [-0.2, 0) is 45.8 Å². The molecule has 29 heavy (non-hydrogen) atoms. The van der Waals surface area contributed by atoms with Gasteiger partial charge in [-0.2, -0.15) is 10.2 Å². The highest BCUT2D eigenvalue weighted by atomic mass is 127. The molecule has 1 aliphatic rings. The number of nitrogens with one attached hydrogen (secondary N) is 2. The summed E-state index contributed by atoms with van der Waals surface area (Å²) in [5.74, 6) is 2.90. The van der Waals surface area contributed by atoms with E-state index in [1.807, 2.05) is 11.7 Å². The van der Waals surface area contributed by atoms with E-state index in [-0.39, 0.29) is 24.0 Å². The molecule has 0 aliphatic carbocycles. The smallest absolute Gasteiger partial charge is 0.191 e. The Bertz CT molecular complexity index is 823. The molecule has 0 saturated heterocycles. The number of hydrogen-bond donors (Lipinski definition) is 2. The molecular weight excluding hydrogens is 479 g/mol. The van der Waals surface area contributed by atoms with E-state index in [1.54, 1.807) is 0 Å². The predicted octanol–water partition coefficient (Wildman–Crippen LogP) is 2.39. The van der Waals surface area contributed by atoms with Crippen molar-refractivity contribution in [1.29, 1.82) is 0 Å². The second-order valence-electron chi connectivity index (χ2n) is 7.26. The standard InChI is InChI=1S/C20H34N8.HI/c1-6-16-15(17(7-2)27(5)25-16)12-22-20(21-9-4)23-14-10-11-19-24-18(8-3)26-28(19)13-14;/h14H,6-13H2,1-5H3,(H2,21,22,23);1H. The van der Waals surface area contributed by atoms with E-state index in [4.69, 9.17) is 4.99 Å². The maximum atomic E-state index is 4.88. The van der Waals surface area contributed by atoms with E-state index in [9.17, 15) is 0 Å². The molecule has 8 nitrogen and oxygen atoms in total. The maximum absolute atomic E-state index is 4.88. The Balaban J connectivity index is 0.00000300. The van der Waals surface area contributed by atoms with Crippen LogP contribution in [0.3, 0.4) is 0 Å². The Morgan fingerprint density at radius 1 is 1.14 bits per heavy atom. The highest BCUT2D eigenvalue weighted by Crippen LogP contribution is 2.17. The molecule has 1 unspecified atom stereocenters. The van der Waals surface area contributed by atoms with Crippen molar-refractivity contribution >= 4 is 29.9 Å². The molecule has 1 aliphatic heterocycles. The Hall–Kier alpha value is -1.65. The van der Waals surface area contributed by atoms with Gasteiger partial charge in [-0.1, -0.05) is 20.8 Å². The van der Waals surface area contributed by atoms with E-state index in [0.717, 1.165) is 68.5 Å². The van der Waals surface area contributed by atoms with Crippen LogP contribution in [0.4, 0.5) is 0 Å². The van der Waals surface area contributed by atoms with Crippen LogP contribution < -0.4 is 10.6 Å². The zero-order valence-electron chi connectivity index (χ0n) is 18.3. The van der Waals surface area contributed by atoms with Gasteiger partial charge in [0.05, 0.1) is 18.8 Å². The van der Waals surface area contributed by atoms with Gasteiger partial charge in [-0.3, -0.25) is 4.68 Å². The van der Waals surface area contributed by atoms with Gasteiger partial charge in [0.1, 0.15) is 5.82 Å². The molecular formula is C20H35IN8. The van der Waals surface area contributed by atoms with Gasteiger partial charge in [-0.05, 0) is 26.2 Å². The van der Waals surface area contributed by atoms with Crippen LogP contribution >= 0.6 is 24.0 Å². The van der Waals surface area contributed by atoms with Crippen molar-refractivity contribution in [3.8, 4) is 0 Å². The minimum Gasteiger partial charge on any atom is -0.357 e. The Kier molecular flexibility index (Phi) is 8.91. The zero-order valence-corrected chi connectivity index (χ0v) is 20.7. The summed E-state index contributed by atoms with van der Waals surface area (Å²) in [5.41, 5.74) is 3.68. The summed E-state index contributed by atoms with van der Waals surface area (Å²) >= 11 is 0. The first kappa shape index (κ1) is 23.6. The lowest BCUT2D eigenvalue weighted by Gasteiger charge is -2.25. The van der Waals surface area contributed by atoms with Gasteiger partial charge < -0.3 is 10.6 Å². The number of aliphatic imine (C=N–C) groups is 1.